The Morgan fingerprint density at radius 3 is 2.95 bits per heavy atom. The summed E-state index contributed by atoms with van der Waals surface area (Å²) >= 11 is 0. The first-order valence-electron chi connectivity index (χ1n) is 7.09. The molecule has 2 bridgehead atoms. The highest BCUT2D eigenvalue weighted by atomic mass is 16.5. The number of ether oxygens (including phenoxy) is 1. The second kappa shape index (κ2) is 4.92. The molecule has 2 fully saturated rings. The van der Waals surface area contributed by atoms with Crippen molar-refractivity contribution < 1.29 is 14.6 Å². The summed E-state index contributed by atoms with van der Waals surface area (Å²) in [7, 11) is 0. The summed E-state index contributed by atoms with van der Waals surface area (Å²) in [5, 5.41) is 9.31. The van der Waals surface area contributed by atoms with Crippen molar-refractivity contribution in [2.45, 2.75) is 45.2 Å². The molecular formula is C14H19N3O3. The van der Waals surface area contributed by atoms with E-state index in [1.165, 1.54) is 0 Å². The Morgan fingerprint density at radius 2 is 2.30 bits per heavy atom. The molecule has 0 radical (unpaired) electrons. The maximum atomic E-state index is 11.3. The van der Waals surface area contributed by atoms with Gasteiger partial charge in [-0.25, -0.2) is 4.98 Å². The molecule has 2 aliphatic heterocycles. The standard InChI is InChI=1S/C14H19N3O3/c1-3-20-13-7-12(15-8(2)16-13)17-9-4-5-11(17)10(6-9)14(18)19/h7,9-11H,3-6H2,1-2H3,(H,18,19). The van der Waals surface area contributed by atoms with E-state index in [1.54, 1.807) is 0 Å². The van der Waals surface area contributed by atoms with Crippen molar-refractivity contribution in [3.8, 4) is 5.88 Å². The van der Waals surface area contributed by atoms with Crippen LogP contribution in [0.4, 0.5) is 5.82 Å². The third kappa shape index (κ3) is 2.09. The Kier molecular flexibility index (Phi) is 3.23. The molecule has 1 N–H and O–H groups in total. The van der Waals surface area contributed by atoms with Crippen molar-refractivity contribution >= 4 is 11.8 Å². The van der Waals surface area contributed by atoms with E-state index < -0.39 is 5.97 Å². The molecule has 0 amide bonds. The van der Waals surface area contributed by atoms with E-state index >= 15 is 0 Å². The topological polar surface area (TPSA) is 75.5 Å². The van der Waals surface area contributed by atoms with Crippen molar-refractivity contribution in [3.05, 3.63) is 11.9 Å². The lowest BCUT2D eigenvalue weighted by Gasteiger charge is -2.24. The minimum atomic E-state index is -0.696. The molecule has 1 aromatic rings. The van der Waals surface area contributed by atoms with Gasteiger partial charge in [0.2, 0.25) is 5.88 Å². The van der Waals surface area contributed by atoms with Gasteiger partial charge >= 0.3 is 5.97 Å². The van der Waals surface area contributed by atoms with Crippen LogP contribution in [0.1, 0.15) is 32.0 Å². The first-order valence-corrected chi connectivity index (χ1v) is 7.09. The predicted octanol–water partition coefficient (Wildman–Crippen LogP) is 1.63. The summed E-state index contributed by atoms with van der Waals surface area (Å²) in [5.74, 6) is 1.05. The van der Waals surface area contributed by atoms with Gasteiger partial charge in [0.05, 0.1) is 12.5 Å². The molecule has 6 nitrogen and oxygen atoms in total. The SMILES string of the molecule is CCOc1cc(N2C3CCC2C(C(=O)O)C3)nc(C)n1. The van der Waals surface area contributed by atoms with Crippen molar-refractivity contribution in [1.29, 1.82) is 0 Å². The lowest BCUT2D eigenvalue weighted by atomic mass is 9.89. The van der Waals surface area contributed by atoms with Crippen LogP contribution < -0.4 is 9.64 Å². The Hall–Kier alpha value is -1.85. The zero-order chi connectivity index (χ0) is 14.3. The normalized spacial score (nSPS) is 27.9. The van der Waals surface area contributed by atoms with Crippen LogP contribution >= 0.6 is 0 Å². The van der Waals surface area contributed by atoms with Crippen LogP contribution in [0.2, 0.25) is 0 Å². The van der Waals surface area contributed by atoms with E-state index in [-0.39, 0.29) is 18.0 Å². The minimum Gasteiger partial charge on any atom is -0.481 e. The molecule has 3 unspecified atom stereocenters. The second-order valence-electron chi connectivity index (χ2n) is 5.43. The lowest BCUT2D eigenvalue weighted by molar-refractivity contribution is -0.142. The average Bonchev–Trinajstić information content (AvgIpc) is 2.95. The van der Waals surface area contributed by atoms with Crippen molar-refractivity contribution in [3.63, 3.8) is 0 Å². The predicted molar refractivity (Wildman–Crippen MR) is 73.0 cm³/mol. The van der Waals surface area contributed by atoms with Crippen LogP contribution in [0.5, 0.6) is 5.88 Å². The van der Waals surface area contributed by atoms with E-state index in [0.29, 0.717) is 24.7 Å². The van der Waals surface area contributed by atoms with Crippen LogP contribution in [0.3, 0.4) is 0 Å². The number of nitrogens with zero attached hydrogens (tertiary/aromatic N) is 3. The number of hydrogen-bond donors (Lipinski definition) is 1. The summed E-state index contributed by atoms with van der Waals surface area (Å²) in [6, 6.07) is 2.16. The van der Waals surface area contributed by atoms with Gasteiger partial charge in [-0.2, -0.15) is 4.98 Å². The zero-order valence-electron chi connectivity index (χ0n) is 11.7. The van der Waals surface area contributed by atoms with Crippen molar-refractivity contribution in [1.82, 2.24) is 9.97 Å². The first-order chi connectivity index (χ1) is 9.60. The minimum absolute atomic E-state index is 0.0567. The van der Waals surface area contributed by atoms with E-state index in [0.717, 1.165) is 18.7 Å². The first kappa shape index (κ1) is 13.1. The Morgan fingerprint density at radius 1 is 1.50 bits per heavy atom. The van der Waals surface area contributed by atoms with Crippen LogP contribution in [0, 0.1) is 12.8 Å². The Labute approximate surface area is 117 Å². The number of rotatable bonds is 4. The number of aliphatic carboxylic acids is 1. The third-order valence-corrected chi connectivity index (χ3v) is 4.21. The van der Waals surface area contributed by atoms with Crippen LogP contribution in [-0.2, 0) is 4.79 Å². The van der Waals surface area contributed by atoms with Gasteiger partial charge in [0.1, 0.15) is 11.6 Å². The molecule has 1 aromatic heterocycles. The largest absolute Gasteiger partial charge is 0.481 e. The van der Waals surface area contributed by atoms with Gasteiger partial charge in [0.25, 0.3) is 0 Å². The molecular weight excluding hydrogens is 258 g/mol. The maximum Gasteiger partial charge on any atom is 0.308 e. The molecule has 108 valence electrons. The summed E-state index contributed by atoms with van der Waals surface area (Å²) in [4.78, 5) is 22.2. The highest BCUT2D eigenvalue weighted by Gasteiger charge is 2.49. The van der Waals surface area contributed by atoms with Crippen LogP contribution in [0.25, 0.3) is 0 Å². The lowest BCUT2D eigenvalue weighted by Crippen LogP contribution is -2.33. The zero-order valence-corrected chi connectivity index (χ0v) is 11.7. The fourth-order valence-electron chi connectivity index (χ4n) is 3.49. The number of fused-ring (bicyclic) bond motifs is 2. The van der Waals surface area contributed by atoms with Gasteiger partial charge in [-0.3, -0.25) is 4.79 Å². The van der Waals surface area contributed by atoms with E-state index in [4.69, 9.17) is 4.74 Å². The number of aromatic nitrogens is 2. The van der Waals surface area contributed by atoms with Crippen molar-refractivity contribution in [2.75, 3.05) is 11.5 Å². The second-order valence-corrected chi connectivity index (χ2v) is 5.43. The molecule has 0 aromatic carbocycles. The summed E-state index contributed by atoms with van der Waals surface area (Å²) < 4.78 is 5.46. The molecule has 0 spiro atoms. The smallest absolute Gasteiger partial charge is 0.308 e. The molecule has 20 heavy (non-hydrogen) atoms. The quantitative estimate of drug-likeness (QED) is 0.901. The van der Waals surface area contributed by atoms with Gasteiger partial charge in [0.15, 0.2) is 0 Å². The number of hydrogen-bond acceptors (Lipinski definition) is 5. The molecule has 6 heteroatoms. The van der Waals surface area contributed by atoms with E-state index in [1.807, 2.05) is 19.9 Å². The van der Waals surface area contributed by atoms with Crippen LogP contribution in [-0.4, -0.2) is 39.7 Å². The number of aryl methyl sites for hydroxylation is 1. The summed E-state index contributed by atoms with van der Waals surface area (Å²) in [5.41, 5.74) is 0. The number of anilines is 1. The maximum absolute atomic E-state index is 11.3. The molecule has 3 atom stereocenters. The van der Waals surface area contributed by atoms with Crippen LogP contribution in [0.15, 0.2) is 6.07 Å². The Bertz CT molecular complexity index is 534. The number of carboxylic acid groups (broad SMARTS) is 1. The highest BCUT2D eigenvalue weighted by Crippen LogP contribution is 2.44. The third-order valence-electron chi connectivity index (χ3n) is 4.21. The fraction of sp³-hybridized carbons (Fsp3) is 0.643. The Balaban J connectivity index is 1.92. The molecule has 0 aliphatic carbocycles. The van der Waals surface area contributed by atoms with Gasteiger partial charge in [-0.1, -0.05) is 0 Å². The van der Waals surface area contributed by atoms with E-state index in [2.05, 4.69) is 14.9 Å². The number of carbonyl (C=O) groups is 1. The van der Waals surface area contributed by atoms with Gasteiger partial charge in [-0.05, 0) is 33.1 Å². The molecule has 2 aliphatic rings. The summed E-state index contributed by atoms with van der Waals surface area (Å²) in [6.07, 6.45) is 2.68. The molecule has 0 saturated carbocycles. The highest BCUT2D eigenvalue weighted by molar-refractivity contribution is 5.73. The van der Waals surface area contributed by atoms with Gasteiger partial charge < -0.3 is 14.7 Å². The average molecular weight is 277 g/mol. The molecule has 2 saturated heterocycles. The van der Waals surface area contributed by atoms with Gasteiger partial charge in [0, 0.05) is 18.2 Å². The number of carboxylic acids is 1. The van der Waals surface area contributed by atoms with Crippen molar-refractivity contribution in [2.24, 2.45) is 5.92 Å². The molecule has 3 heterocycles. The molecule has 3 rings (SSSR count). The fourth-order valence-corrected chi connectivity index (χ4v) is 3.49. The van der Waals surface area contributed by atoms with E-state index in [9.17, 15) is 9.90 Å². The monoisotopic (exact) mass is 277 g/mol. The summed E-state index contributed by atoms with van der Waals surface area (Å²) in [6.45, 7) is 4.30. The van der Waals surface area contributed by atoms with Gasteiger partial charge in [-0.15, -0.1) is 0 Å².